The molecule has 0 bridgehead atoms. The monoisotopic (exact) mass is 282 g/mol. The Labute approximate surface area is 115 Å². The maximum absolute atomic E-state index is 11.8. The third kappa shape index (κ3) is 3.62. The Morgan fingerprint density at radius 1 is 1.26 bits per heavy atom. The lowest BCUT2D eigenvalue weighted by Crippen LogP contribution is -2.19. The predicted molar refractivity (Wildman–Crippen MR) is 80.3 cm³/mol. The Morgan fingerprint density at radius 3 is 2.53 bits per heavy atom. The summed E-state index contributed by atoms with van der Waals surface area (Å²) in [5.41, 5.74) is 2.86. The van der Waals surface area contributed by atoms with Gasteiger partial charge in [-0.3, -0.25) is 4.72 Å². The molecular formula is C14H22N2O2S. The lowest BCUT2D eigenvalue weighted by molar-refractivity contribution is 0.600. The lowest BCUT2D eigenvalue weighted by Gasteiger charge is -2.19. The minimum Gasteiger partial charge on any atom is -0.372 e. The van der Waals surface area contributed by atoms with Crippen molar-refractivity contribution in [3.63, 3.8) is 0 Å². The molecule has 4 nitrogen and oxygen atoms in total. The standard InChI is InChI=1S/C14H22N2O2S/c1-3-10-19(17,18)15-14-7-6-13(11-12(14)2)16-8-4-5-9-16/h6-7,11,15H,3-5,8-10H2,1-2H3. The SMILES string of the molecule is CCCS(=O)(=O)Nc1ccc(N2CCCC2)cc1C. The smallest absolute Gasteiger partial charge is 0.232 e. The summed E-state index contributed by atoms with van der Waals surface area (Å²) in [5.74, 6) is 0.167. The molecule has 0 unspecified atom stereocenters. The highest BCUT2D eigenvalue weighted by Crippen LogP contribution is 2.26. The second-order valence-electron chi connectivity index (χ2n) is 5.11. The summed E-state index contributed by atoms with van der Waals surface area (Å²) < 4.78 is 26.2. The molecule has 0 spiro atoms. The number of nitrogens with one attached hydrogen (secondary N) is 1. The Bertz CT molecular complexity index is 534. The fraction of sp³-hybridized carbons (Fsp3) is 0.571. The molecule has 0 aromatic heterocycles. The first-order chi connectivity index (χ1) is 9.02. The summed E-state index contributed by atoms with van der Waals surface area (Å²) in [5, 5.41) is 0. The van der Waals surface area contributed by atoms with E-state index < -0.39 is 10.0 Å². The van der Waals surface area contributed by atoms with Crippen LogP contribution in [0.5, 0.6) is 0 Å². The molecule has 19 heavy (non-hydrogen) atoms. The van der Waals surface area contributed by atoms with E-state index in [-0.39, 0.29) is 5.75 Å². The van der Waals surface area contributed by atoms with E-state index in [9.17, 15) is 8.42 Å². The van der Waals surface area contributed by atoms with Crippen molar-refractivity contribution in [3.05, 3.63) is 23.8 Å². The van der Waals surface area contributed by atoms with Crippen LogP contribution in [0.25, 0.3) is 0 Å². The molecule has 1 aromatic rings. The molecule has 0 aliphatic carbocycles. The maximum atomic E-state index is 11.8. The number of sulfonamides is 1. The highest BCUT2D eigenvalue weighted by Gasteiger charge is 2.14. The summed E-state index contributed by atoms with van der Waals surface area (Å²) in [6, 6.07) is 5.94. The van der Waals surface area contributed by atoms with Crippen molar-refractivity contribution in [2.75, 3.05) is 28.5 Å². The van der Waals surface area contributed by atoms with Gasteiger partial charge in [-0.1, -0.05) is 6.92 Å². The maximum Gasteiger partial charge on any atom is 0.232 e. The van der Waals surface area contributed by atoms with Crippen LogP contribution in [-0.4, -0.2) is 27.3 Å². The highest BCUT2D eigenvalue weighted by molar-refractivity contribution is 7.92. The van der Waals surface area contributed by atoms with Crippen LogP contribution in [-0.2, 0) is 10.0 Å². The van der Waals surface area contributed by atoms with Crippen LogP contribution < -0.4 is 9.62 Å². The van der Waals surface area contributed by atoms with Crippen molar-refractivity contribution in [3.8, 4) is 0 Å². The number of hydrogen-bond acceptors (Lipinski definition) is 3. The first kappa shape index (κ1) is 14.2. The van der Waals surface area contributed by atoms with Gasteiger partial charge in [0, 0.05) is 18.8 Å². The number of benzene rings is 1. The molecule has 0 amide bonds. The van der Waals surface area contributed by atoms with Crippen LogP contribution in [0.15, 0.2) is 18.2 Å². The third-order valence-electron chi connectivity index (χ3n) is 3.42. The van der Waals surface area contributed by atoms with E-state index in [1.165, 1.54) is 18.5 Å². The fourth-order valence-electron chi connectivity index (χ4n) is 2.42. The molecule has 106 valence electrons. The van der Waals surface area contributed by atoms with Crippen LogP contribution in [0, 0.1) is 6.92 Å². The normalized spacial score (nSPS) is 15.8. The first-order valence-corrected chi connectivity index (χ1v) is 8.53. The highest BCUT2D eigenvalue weighted by atomic mass is 32.2. The van der Waals surface area contributed by atoms with E-state index in [0.717, 1.165) is 18.7 Å². The molecule has 1 N–H and O–H groups in total. The van der Waals surface area contributed by atoms with Crippen LogP contribution in [0.2, 0.25) is 0 Å². The Balaban J connectivity index is 2.15. The zero-order chi connectivity index (χ0) is 13.9. The van der Waals surface area contributed by atoms with Gasteiger partial charge in [-0.05, 0) is 49.9 Å². The van der Waals surface area contributed by atoms with Crippen molar-refractivity contribution in [1.29, 1.82) is 0 Å². The average Bonchev–Trinajstić information content (AvgIpc) is 2.85. The van der Waals surface area contributed by atoms with Crippen molar-refractivity contribution in [2.24, 2.45) is 0 Å². The molecule has 1 aliphatic heterocycles. The molecule has 1 aromatic carbocycles. The van der Waals surface area contributed by atoms with Gasteiger partial charge in [0.15, 0.2) is 0 Å². The van der Waals surface area contributed by atoms with Gasteiger partial charge in [0.05, 0.1) is 11.4 Å². The van der Waals surface area contributed by atoms with Crippen LogP contribution >= 0.6 is 0 Å². The summed E-state index contributed by atoms with van der Waals surface area (Å²) >= 11 is 0. The van der Waals surface area contributed by atoms with Crippen molar-refractivity contribution in [2.45, 2.75) is 33.1 Å². The summed E-state index contributed by atoms with van der Waals surface area (Å²) in [6.45, 7) is 6.01. The molecule has 2 rings (SSSR count). The van der Waals surface area contributed by atoms with Crippen LogP contribution in [0.4, 0.5) is 11.4 Å². The zero-order valence-corrected chi connectivity index (χ0v) is 12.5. The van der Waals surface area contributed by atoms with E-state index in [2.05, 4.69) is 15.7 Å². The second kappa shape index (κ2) is 5.82. The van der Waals surface area contributed by atoms with Gasteiger partial charge >= 0.3 is 0 Å². The van der Waals surface area contributed by atoms with Crippen molar-refractivity contribution in [1.82, 2.24) is 0 Å². The molecule has 1 heterocycles. The number of hydrogen-bond donors (Lipinski definition) is 1. The lowest BCUT2D eigenvalue weighted by atomic mass is 10.2. The van der Waals surface area contributed by atoms with Gasteiger partial charge in [-0.2, -0.15) is 0 Å². The Morgan fingerprint density at radius 2 is 1.95 bits per heavy atom. The molecule has 5 heteroatoms. The molecule has 0 radical (unpaired) electrons. The van der Waals surface area contributed by atoms with Gasteiger partial charge in [0.25, 0.3) is 0 Å². The largest absolute Gasteiger partial charge is 0.372 e. The Kier molecular flexibility index (Phi) is 4.34. The minimum absolute atomic E-state index is 0.167. The molecule has 1 saturated heterocycles. The summed E-state index contributed by atoms with van der Waals surface area (Å²) in [7, 11) is -3.20. The molecule has 0 atom stereocenters. The fourth-order valence-corrected chi connectivity index (χ4v) is 3.63. The molecule has 1 fully saturated rings. The number of anilines is 2. The van der Waals surface area contributed by atoms with Crippen molar-refractivity contribution >= 4 is 21.4 Å². The summed E-state index contributed by atoms with van der Waals surface area (Å²) in [4.78, 5) is 2.34. The van der Waals surface area contributed by atoms with E-state index >= 15 is 0 Å². The molecular weight excluding hydrogens is 260 g/mol. The van der Waals surface area contributed by atoms with Gasteiger partial charge in [0.2, 0.25) is 10.0 Å². The van der Waals surface area contributed by atoms with Crippen LogP contribution in [0.3, 0.4) is 0 Å². The van der Waals surface area contributed by atoms with Crippen LogP contribution in [0.1, 0.15) is 31.7 Å². The first-order valence-electron chi connectivity index (χ1n) is 6.88. The van der Waals surface area contributed by atoms with Crippen molar-refractivity contribution < 1.29 is 8.42 Å². The second-order valence-corrected chi connectivity index (χ2v) is 6.96. The number of rotatable bonds is 5. The van der Waals surface area contributed by atoms with E-state index in [1.54, 1.807) is 0 Å². The molecule has 0 saturated carbocycles. The number of aryl methyl sites for hydroxylation is 1. The van der Waals surface area contributed by atoms with E-state index in [4.69, 9.17) is 0 Å². The zero-order valence-electron chi connectivity index (χ0n) is 11.6. The topological polar surface area (TPSA) is 49.4 Å². The van der Waals surface area contributed by atoms with E-state index in [1.807, 2.05) is 26.0 Å². The van der Waals surface area contributed by atoms with Gasteiger partial charge in [-0.15, -0.1) is 0 Å². The predicted octanol–water partition coefficient (Wildman–Crippen LogP) is 2.75. The van der Waals surface area contributed by atoms with Gasteiger partial charge in [0.1, 0.15) is 0 Å². The third-order valence-corrected chi connectivity index (χ3v) is 4.90. The average molecular weight is 282 g/mol. The summed E-state index contributed by atoms with van der Waals surface area (Å²) in [6.07, 6.45) is 3.11. The molecule has 1 aliphatic rings. The van der Waals surface area contributed by atoms with E-state index in [0.29, 0.717) is 12.1 Å². The van der Waals surface area contributed by atoms with Gasteiger partial charge < -0.3 is 4.90 Å². The minimum atomic E-state index is -3.20. The van der Waals surface area contributed by atoms with Gasteiger partial charge in [-0.25, -0.2) is 8.42 Å². The quantitative estimate of drug-likeness (QED) is 0.903. The number of nitrogens with zero attached hydrogens (tertiary/aromatic N) is 1. The Hall–Kier alpha value is -1.23.